The lowest BCUT2D eigenvalue weighted by molar-refractivity contribution is 0.326. The number of rotatable bonds is 0. The first-order valence-electron chi connectivity index (χ1n) is 6.27. The van der Waals surface area contributed by atoms with E-state index in [4.69, 9.17) is 4.74 Å². The van der Waals surface area contributed by atoms with Crippen LogP contribution in [0, 0.1) is 13.8 Å². The highest BCUT2D eigenvalue weighted by atomic mass is 16.5. The lowest BCUT2D eigenvalue weighted by Gasteiger charge is -2.07. The summed E-state index contributed by atoms with van der Waals surface area (Å²) in [5.74, 6) is 2.21. The minimum atomic E-state index is 0.598. The highest BCUT2D eigenvalue weighted by molar-refractivity contribution is 5.93. The number of anilines is 1. The van der Waals surface area contributed by atoms with Gasteiger partial charge in [0.25, 0.3) is 0 Å². The minimum absolute atomic E-state index is 0.598. The normalized spacial score (nSPS) is 12.9. The Morgan fingerprint density at radius 1 is 1.17 bits per heavy atom. The average molecular weight is 246 g/mol. The maximum atomic E-state index is 5.59. The van der Waals surface area contributed by atoms with Crippen LogP contribution in [0.1, 0.15) is 25.4 Å². The molecule has 1 aliphatic heterocycles. The Morgan fingerprint density at radius 2 is 1.94 bits per heavy atom. The van der Waals surface area contributed by atoms with Crippen LogP contribution in [0.2, 0.25) is 0 Å². The van der Waals surface area contributed by atoms with Crippen molar-refractivity contribution in [1.29, 1.82) is 0 Å². The molecule has 0 bridgehead atoms. The van der Waals surface area contributed by atoms with E-state index in [9.17, 15) is 0 Å². The van der Waals surface area contributed by atoms with Crippen molar-refractivity contribution in [2.24, 2.45) is 0 Å². The van der Waals surface area contributed by atoms with Gasteiger partial charge in [0.15, 0.2) is 0 Å². The molecular formula is C13H18N4O. The molecule has 0 saturated heterocycles. The highest BCUT2D eigenvalue weighted by Crippen LogP contribution is 2.30. The number of pyridine rings is 1. The first-order chi connectivity index (χ1) is 8.74. The summed E-state index contributed by atoms with van der Waals surface area (Å²) >= 11 is 0. The molecule has 0 radical (unpaired) electrons. The number of aromatic nitrogens is 3. The fourth-order valence-corrected chi connectivity index (χ4v) is 1.91. The van der Waals surface area contributed by atoms with E-state index < -0.39 is 0 Å². The van der Waals surface area contributed by atoms with E-state index in [2.05, 4.69) is 20.3 Å². The van der Waals surface area contributed by atoms with Gasteiger partial charge in [-0.05, 0) is 19.9 Å². The second-order valence-electron chi connectivity index (χ2n) is 3.86. The third-order valence-corrected chi connectivity index (χ3v) is 2.52. The molecule has 18 heavy (non-hydrogen) atoms. The summed E-state index contributed by atoms with van der Waals surface area (Å²) in [6.07, 6.45) is 0. The van der Waals surface area contributed by atoms with Crippen LogP contribution >= 0.6 is 0 Å². The predicted molar refractivity (Wildman–Crippen MR) is 72.1 cm³/mol. The van der Waals surface area contributed by atoms with Crippen molar-refractivity contribution >= 4 is 16.7 Å². The Labute approximate surface area is 107 Å². The first-order valence-corrected chi connectivity index (χ1v) is 6.27. The lowest BCUT2D eigenvalue weighted by atomic mass is 10.2. The topological polar surface area (TPSA) is 59.9 Å². The molecular weight excluding hydrogens is 228 g/mol. The minimum Gasteiger partial charge on any atom is -0.475 e. The van der Waals surface area contributed by atoms with Gasteiger partial charge in [0, 0.05) is 5.69 Å². The van der Waals surface area contributed by atoms with Crippen molar-refractivity contribution in [2.45, 2.75) is 27.7 Å². The number of ether oxygens (including phenoxy) is 1. The van der Waals surface area contributed by atoms with Gasteiger partial charge in [-0.25, -0.2) is 15.0 Å². The predicted octanol–water partition coefficient (Wildman–Crippen LogP) is 2.47. The summed E-state index contributed by atoms with van der Waals surface area (Å²) < 4.78 is 5.59. The molecule has 5 nitrogen and oxygen atoms in total. The van der Waals surface area contributed by atoms with E-state index >= 15 is 0 Å². The van der Waals surface area contributed by atoms with Crippen molar-refractivity contribution < 1.29 is 4.74 Å². The van der Waals surface area contributed by atoms with Crippen molar-refractivity contribution in [3.63, 3.8) is 0 Å². The molecule has 5 heteroatoms. The SMILES string of the molecule is CC.Cc1cc2nc(C)nc3c2c(n1)OCCN3. The molecule has 1 aliphatic rings. The van der Waals surface area contributed by atoms with Gasteiger partial charge in [0.1, 0.15) is 23.6 Å². The largest absolute Gasteiger partial charge is 0.475 e. The summed E-state index contributed by atoms with van der Waals surface area (Å²) in [6, 6.07) is 1.95. The fourth-order valence-electron chi connectivity index (χ4n) is 1.91. The molecule has 0 fully saturated rings. The number of hydrogen-bond donors (Lipinski definition) is 1. The molecule has 0 amide bonds. The van der Waals surface area contributed by atoms with Crippen LogP contribution in [-0.4, -0.2) is 28.1 Å². The molecule has 96 valence electrons. The van der Waals surface area contributed by atoms with Crippen LogP contribution in [0.3, 0.4) is 0 Å². The monoisotopic (exact) mass is 246 g/mol. The molecule has 0 spiro atoms. The maximum absolute atomic E-state index is 5.59. The summed E-state index contributed by atoms with van der Waals surface area (Å²) in [5, 5.41) is 4.12. The van der Waals surface area contributed by atoms with Crippen LogP contribution in [0.15, 0.2) is 6.07 Å². The van der Waals surface area contributed by atoms with E-state index in [1.54, 1.807) is 0 Å². The van der Waals surface area contributed by atoms with Crippen molar-refractivity contribution in [2.75, 3.05) is 18.5 Å². The van der Waals surface area contributed by atoms with Crippen LogP contribution in [-0.2, 0) is 0 Å². The van der Waals surface area contributed by atoms with Gasteiger partial charge in [-0.3, -0.25) is 0 Å². The number of aryl methyl sites for hydroxylation is 2. The average Bonchev–Trinajstić information content (AvgIpc) is 2.54. The van der Waals surface area contributed by atoms with Crippen molar-refractivity contribution in [3.8, 4) is 5.88 Å². The zero-order chi connectivity index (χ0) is 13.1. The van der Waals surface area contributed by atoms with Gasteiger partial charge in [-0.2, -0.15) is 0 Å². The standard InChI is InChI=1S/C11H12N4O.C2H6/c1-6-5-8-9-10(15-7(2)14-8)12-3-4-16-11(9)13-6;1-2/h5H,3-4H2,1-2H3,(H,12,14,15);1-2H3. The zero-order valence-corrected chi connectivity index (χ0v) is 11.2. The summed E-state index contributed by atoms with van der Waals surface area (Å²) in [7, 11) is 0. The molecule has 0 atom stereocenters. The third-order valence-electron chi connectivity index (χ3n) is 2.52. The van der Waals surface area contributed by atoms with Gasteiger partial charge in [-0.1, -0.05) is 13.8 Å². The first kappa shape index (κ1) is 12.5. The molecule has 1 N–H and O–H groups in total. The van der Waals surface area contributed by atoms with Gasteiger partial charge in [-0.15, -0.1) is 0 Å². The second-order valence-corrected chi connectivity index (χ2v) is 3.86. The quantitative estimate of drug-likeness (QED) is 0.773. The van der Waals surface area contributed by atoms with E-state index in [0.717, 1.165) is 34.8 Å². The van der Waals surface area contributed by atoms with E-state index in [0.29, 0.717) is 12.5 Å². The van der Waals surface area contributed by atoms with Gasteiger partial charge in [0.05, 0.1) is 12.1 Å². The summed E-state index contributed by atoms with van der Waals surface area (Å²) in [5.41, 5.74) is 1.80. The summed E-state index contributed by atoms with van der Waals surface area (Å²) in [6.45, 7) is 9.16. The Morgan fingerprint density at radius 3 is 2.72 bits per heavy atom. The Balaban J connectivity index is 0.000000574. The summed E-state index contributed by atoms with van der Waals surface area (Å²) in [4.78, 5) is 13.2. The Hall–Kier alpha value is -1.91. The lowest BCUT2D eigenvalue weighted by Crippen LogP contribution is -2.09. The molecule has 3 heterocycles. The molecule has 0 unspecified atom stereocenters. The third kappa shape index (κ3) is 2.20. The van der Waals surface area contributed by atoms with E-state index in [-0.39, 0.29) is 0 Å². The molecule has 2 aromatic rings. The van der Waals surface area contributed by atoms with E-state index in [1.165, 1.54) is 0 Å². The van der Waals surface area contributed by atoms with Crippen molar-refractivity contribution in [1.82, 2.24) is 15.0 Å². The van der Waals surface area contributed by atoms with Gasteiger partial charge in [0.2, 0.25) is 5.88 Å². The Kier molecular flexibility index (Phi) is 3.60. The van der Waals surface area contributed by atoms with Crippen LogP contribution < -0.4 is 10.1 Å². The molecule has 2 aromatic heterocycles. The molecule has 3 rings (SSSR count). The van der Waals surface area contributed by atoms with Gasteiger partial charge >= 0.3 is 0 Å². The number of nitrogens with zero attached hydrogens (tertiary/aromatic N) is 3. The molecule has 0 saturated carbocycles. The van der Waals surface area contributed by atoms with Crippen LogP contribution in [0.25, 0.3) is 10.9 Å². The zero-order valence-electron chi connectivity index (χ0n) is 11.2. The van der Waals surface area contributed by atoms with Crippen LogP contribution in [0.4, 0.5) is 5.82 Å². The molecule has 0 aromatic carbocycles. The van der Waals surface area contributed by atoms with Crippen molar-refractivity contribution in [3.05, 3.63) is 17.6 Å². The van der Waals surface area contributed by atoms with Crippen LogP contribution in [0.5, 0.6) is 5.88 Å². The van der Waals surface area contributed by atoms with E-state index in [1.807, 2.05) is 33.8 Å². The number of hydrogen-bond acceptors (Lipinski definition) is 5. The van der Waals surface area contributed by atoms with Gasteiger partial charge < -0.3 is 10.1 Å². The second kappa shape index (κ2) is 5.16. The fraction of sp³-hybridized carbons (Fsp3) is 0.462. The Bertz CT molecular complexity index is 522. The number of nitrogens with one attached hydrogen (secondary N) is 1. The highest BCUT2D eigenvalue weighted by Gasteiger charge is 2.16. The smallest absolute Gasteiger partial charge is 0.227 e. The maximum Gasteiger partial charge on any atom is 0.227 e. The molecule has 0 aliphatic carbocycles.